The second kappa shape index (κ2) is 7.32. The molecule has 138 valence electrons. The van der Waals surface area contributed by atoms with Gasteiger partial charge in [-0.05, 0) is 33.8 Å². The fourth-order valence-electron chi connectivity index (χ4n) is 3.00. The first-order valence-electron chi connectivity index (χ1n) is 8.96. The molecule has 2 aromatic rings. The van der Waals surface area contributed by atoms with Crippen molar-refractivity contribution < 1.29 is 9.53 Å². The number of hydrogen-bond acceptors (Lipinski definition) is 5. The van der Waals surface area contributed by atoms with Gasteiger partial charge in [0, 0.05) is 37.4 Å². The Labute approximate surface area is 154 Å². The number of aromatic nitrogens is 2. The Hall–Kier alpha value is -2.63. The lowest BCUT2D eigenvalue weighted by atomic mass is 10.1. The predicted molar refractivity (Wildman–Crippen MR) is 102 cm³/mol. The van der Waals surface area contributed by atoms with Gasteiger partial charge in [0.2, 0.25) is 5.95 Å². The zero-order chi connectivity index (χ0) is 18.7. The Morgan fingerprint density at radius 1 is 1.15 bits per heavy atom. The van der Waals surface area contributed by atoms with E-state index in [9.17, 15) is 4.79 Å². The van der Waals surface area contributed by atoms with Crippen LogP contribution in [0.3, 0.4) is 0 Å². The Morgan fingerprint density at radius 3 is 2.54 bits per heavy atom. The zero-order valence-electron chi connectivity index (χ0n) is 15.8. The second-order valence-corrected chi connectivity index (χ2v) is 7.58. The number of hydrogen-bond donors (Lipinski definition) is 0. The Morgan fingerprint density at radius 2 is 1.88 bits per heavy atom. The first-order valence-corrected chi connectivity index (χ1v) is 8.96. The highest BCUT2D eigenvalue weighted by molar-refractivity contribution is 5.68. The molecule has 1 atom stereocenters. The van der Waals surface area contributed by atoms with Gasteiger partial charge < -0.3 is 14.5 Å². The maximum absolute atomic E-state index is 12.3. The lowest BCUT2D eigenvalue weighted by Crippen LogP contribution is -2.55. The van der Waals surface area contributed by atoms with E-state index in [4.69, 9.17) is 9.72 Å². The molecular weight excluding hydrogens is 328 g/mol. The van der Waals surface area contributed by atoms with Gasteiger partial charge in [-0.2, -0.15) is 0 Å². The van der Waals surface area contributed by atoms with Crippen molar-refractivity contribution in [1.29, 1.82) is 0 Å². The number of benzene rings is 1. The summed E-state index contributed by atoms with van der Waals surface area (Å²) in [5, 5.41) is 0. The number of amides is 1. The topological polar surface area (TPSA) is 58.6 Å². The molecule has 6 heteroatoms. The van der Waals surface area contributed by atoms with Crippen LogP contribution in [0.15, 0.2) is 42.6 Å². The molecule has 2 heterocycles. The van der Waals surface area contributed by atoms with Crippen LogP contribution in [0.4, 0.5) is 10.7 Å². The number of carbonyl (C=O) groups excluding carboxylic acids is 1. The van der Waals surface area contributed by atoms with E-state index < -0.39 is 5.60 Å². The largest absolute Gasteiger partial charge is 0.444 e. The van der Waals surface area contributed by atoms with Crippen LogP contribution in [-0.4, -0.2) is 52.2 Å². The lowest BCUT2D eigenvalue weighted by Gasteiger charge is -2.40. The van der Waals surface area contributed by atoms with Gasteiger partial charge in [0.1, 0.15) is 5.60 Å². The number of ether oxygens (including phenoxy) is 1. The molecule has 0 saturated carbocycles. The van der Waals surface area contributed by atoms with Gasteiger partial charge in [-0.1, -0.05) is 30.3 Å². The summed E-state index contributed by atoms with van der Waals surface area (Å²) in [4.78, 5) is 25.4. The maximum Gasteiger partial charge on any atom is 0.410 e. The van der Waals surface area contributed by atoms with Crippen molar-refractivity contribution in [1.82, 2.24) is 14.9 Å². The van der Waals surface area contributed by atoms with Gasteiger partial charge >= 0.3 is 6.09 Å². The van der Waals surface area contributed by atoms with Crippen molar-refractivity contribution in [2.45, 2.75) is 39.3 Å². The molecule has 6 nitrogen and oxygen atoms in total. The minimum absolute atomic E-state index is 0.113. The third kappa shape index (κ3) is 4.31. The van der Waals surface area contributed by atoms with Gasteiger partial charge in [-0.25, -0.2) is 14.8 Å². The molecule has 1 aliphatic heterocycles. The van der Waals surface area contributed by atoms with E-state index in [1.807, 2.05) is 57.2 Å². The summed E-state index contributed by atoms with van der Waals surface area (Å²) in [5.41, 5.74) is 1.48. The molecule has 1 aliphatic rings. The standard InChI is InChI=1S/C20H26N4O2/c1-15-14-23(19(25)26-20(2,3)4)12-13-24(15)18-21-11-10-17(22-18)16-8-6-5-7-9-16/h5-11,15H,12-14H2,1-4H3. The molecule has 3 rings (SSSR count). The van der Waals surface area contributed by atoms with Crippen molar-refractivity contribution in [2.75, 3.05) is 24.5 Å². The van der Waals surface area contributed by atoms with Crippen LogP contribution < -0.4 is 4.90 Å². The van der Waals surface area contributed by atoms with Crippen molar-refractivity contribution in [3.8, 4) is 11.3 Å². The summed E-state index contributed by atoms with van der Waals surface area (Å²) < 4.78 is 5.48. The third-order valence-electron chi connectivity index (χ3n) is 4.25. The second-order valence-electron chi connectivity index (χ2n) is 7.58. The molecule has 0 N–H and O–H groups in total. The third-order valence-corrected chi connectivity index (χ3v) is 4.25. The summed E-state index contributed by atoms with van der Waals surface area (Å²) in [5.74, 6) is 0.697. The van der Waals surface area contributed by atoms with Crippen molar-refractivity contribution >= 4 is 12.0 Å². The van der Waals surface area contributed by atoms with Gasteiger partial charge in [0.25, 0.3) is 0 Å². The normalized spacial score (nSPS) is 17.9. The lowest BCUT2D eigenvalue weighted by molar-refractivity contribution is 0.0218. The summed E-state index contributed by atoms with van der Waals surface area (Å²) in [7, 11) is 0. The van der Waals surface area contributed by atoms with Crippen molar-refractivity contribution in [3.63, 3.8) is 0 Å². The zero-order valence-corrected chi connectivity index (χ0v) is 15.8. The molecular formula is C20H26N4O2. The monoisotopic (exact) mass is 354 g/mol. The first-order chi connectivity index (χ1) is 12.3. The van der Waals surface area contributed by atoms with Crippen LogP contribution in [0, 0.1) is 0 Å². The van der Waals surface area contributed by atoms with Crippen LogP contribution in [0.25, 0.3) is 11.3 Å². The molecule has 1 amide bonds. The number of nitrogens with zero attached hydrogens (tertiary/aromatic N) is 4. The van der Waals surface area contributed by atoms with Crippen molar-refractivity contribution in [2.24, 2.45) is 0 Å². The molecule has 26 heavy (non-hydrogen) atoms. The number of piperazine rings is 1. The van der Waals surface area contributed by atoms with E-state index in [1.54, 1.807) is 11.1 Å². The number of anilines is 1. The minimum atomic E-state index is -0.482. The maximum atomic E-state index is 12.3. The first kappa shape index (κ1) is 18.2. The summed E-state index contributed by atoms with van der Waals surface area (Å²) in [6.07, 6.45) is 1.53. The molecule has 1 saturated heterocycles. The molecule has 1 aromatic carbocycles. The average Bonchev–Trinajstić information content (AvgIpc) is 2.61. The molecule has 0 spiro atoms. The van der Waals surface area contributed by atoms with Crippen LogP contribution in [0.1, 0.15) is 27.7 Å². The smallest absolute Gasteiger partial charge is 0.410 e. The highest BCUT2D eigenvalue weighted by atomic mass is 16.6. The quantitative estimate of drug-likeness (QED) is 0.825. The fraction of sp³-hybridized carbons (Fsp3) is 0.450. The van der Waals surface area contributed by atoms with E-state index in [-0.39, 0.29) is 12.1 Å². The Balaban J connectivity index is 1.71. The predicted octanol–water partition coefficient (Wildman–Crippen LogP) is 3.59. The molecule has 1 aromatic heterocycles. The molecule has 0 bridgehead atoms. The van der Waals surface area contributed by atoms with Gasteiger partial charge in [-0.3, -0.25) is 0 Å². The van der Waals surface area contributed by atoms with Crippen LogP contribution in [-0.2, 0) is 4.74 Å². The summed E-state index contributed by atoms with van der Waals surface area (Å²) in [6, 6.07) is 12.1. The Bertz CT molecular complexity index is 758. The fourth-order valence-corrected chi connectivity index (χ4v) is 3.00. The highest BCUT2D eigenvalue weighted by Gasteiger charge is 2.31. The number of carbonyl (C=O) groups is 1. The van der Waals surface area contributed by atoms with Gasteiger partial charge in [0.05, 0.1) is 5.69 Å². The van der Waals surface area contributed by atoms with Gasteiger partial charge in [0.15, 0.2) is 0 Å². The SMILES string of the molecule is CC1CN(C(=O)OC(C)(C)C)CCN1c1nccc(-c2ccccc2)n1. The van der Waals surface area contributed by atoms with E-state index in [1.165, 1.54) is 0 Å². The number of rotatable bonds is 2. The average molecular weight is 354 g/mol. The highest BCUT2D eigenvalue weighted by Crippen LogP contribution is 2.22. The molecule has 1 fully saturated rings. The molecule has 0 radical (unpaired) electrons. The molecule has 0 aliphatic carbocycles. The molecule has 1 unspecified atom stereocenters. The van der Waals surface area contributed by atoms with E-state index >= 15 is 0 Å². The van der Waals surface area contributed by atoms with E-state index in [0.29, 0.717) is 25.6 Å². The van der Waals surface area contributed by atoms with Crippen LogP contribution in [0.5, 0.6) is 0 Å². The van der Waals surface area contributed by atoms with Gasteiger partial charge in [-0.15, -0.1) is 0 Å². The van der Waals surface area contributed by atoms with E-state index in [2.05, 4.69) is 16.8 Å². The summed E-state index contributed by atoms with van der Waals surface area (Å²) >= 11 is 0. The van der Waals surface area contributed by atoms with Crippen LogP contribution >= 0.6 is 0 Å². The minimum Gasteiger partial charge on any atom is -0.444 e. The van der Waals surface area contributed by atoms with Crippen LogP contribution in [0.2, 0.25) is 0 Å². The Kier molecular flexibility index (Phi) is 5.11. The van der Waals surface area contributed by atoms with Crippen molar-refractivity contribution in [3.05, 3.63) is 42.6 Å². The van der Waals surface area contributed by atoms with E-state index in [0.717, 1.165) is 11.3 Å². The summed E-state index contributed by atoms with van der Waals surface area (Å²) in [6.45, 7) is 9.59.